The molecule has 1 aromatic heterocycles. The van der Waals surface area contributed by atoms with E-state index < -0.39 is 5.97 Å². The van der Waals surface area contributed by atoms with Gasteiger partial charge in [-0.1, -0.05) is 6.92 Å². The zero-order valence-corrected chi connectivity index (χ0v) is 11.5. The molecule has 0 spiro atoms. The van der Waals surface area contributed by atoms with Crippen molar-refractivity contribution in [3.05, 3.63) is 22.4 Å². The van der Waals surface area contributed by atoms with Crippen LogP contribution in [0.15, 0.2) is 16.7 Å². The molecule has 0 amide bonds. The molecular formula is C12H17BrN2O2. The Morgan fingerprint density at radius 2 is 2.41 bits per heavy atom. The van der Waals surface area contributed by atoms with Gasteiger partial charge >= 0.3 is 5.97 Å². The van der Waals surface area contributed by atoms with Crippen molar-refractivity contribution in [2.45, 2.75) is 19.9 Å². The average molecular weight is 301 g/mol. The van der Waals surface area contributed by atoms with Crippen LogP contribution < -0.4 is 0 Å². The van der Waals surface area contributed by atoms with Crippen molar-refractivity contribution in [1.29, 1.82) is 0 Å². The number of likely N-dealkylation sites (tertiary alicyclic amines) is 1. The molecule has 1 aromatic rings. The van der Waals surface area contributed by atoms with Gasteiger partial charge in [0.05, 0.1) is 0 Å². The molecule has 1 aliphatic heterocycles. The minimum atomic E-state index is -0.860. The molecule has 1 fully saturated rings. The second-order valence-corrected chi connectivity index (χ2v) is 5.46. The molecule has 0 saturated carbocycles. The first kappa shape index (κ1) is 12.6. The molecular weight excluding hydrogens is 284 g/mol. The van der Waals surface area contributed by atoms with Crippen LogP contribution in [-0.2, 0) is 6.54 Å². The Labute approximate surface area is 109 Å². The van der Waals surface area contributed by atoms with E-state index in [4.69, 9.17) is 5.11 Å². The quantitative estimate of drug-likeness (QED) is 0.928. The van der Waals surface area contributed by atoms with Crippen molar-refractivity contribution in [2.24, 2.45) is 5.92 Å². The molecule has 5 heteroatoms. The largest absolute Gasteiger partial charge is 0.477 e. The molecule has 17 heavy (non-hydrogen) atoms. The van der Waals surface area contributed by atoms with Gasteiger partial charge in [0, 0.05) is 23.8 Å². The van der Waals surface area contributed by atoms with E-state index in [1.165, 1.54) is 0 Å². The summed E-state index contributed by atoms with van der Waals surface area (Å²) in [5.74, 6) is -0.298. The third-order valence-corrected chi connectivity index (χ3v) is 3.79. The molecule has 0 radical (unpaired) electrons. The zero-order valence-electron chi connectivity index (χ0n) is 9.90. The van der Waals surface area contributed by atoms with Crippen LogP contribution in [0.3, 0.4) is 0 Å². The van der Waals surface area contributed by atoms with Gasteiger partial charge in [-0.25, -0.2) is 4.79 Å². The van der Waals surface area contributed by atoms with Gasteiger partial charge in [-0.2, -0.15) is 0 Å². The van der Waals surface area contributed by atoms with E-state index in [2.05, 4.69) is 27.8 Å². The van der Waals surface area contributed by atoms with Crippen LogP contribution in [-0.4, -0.2) is 40.2 Å². The fraction of sp³-hybridized carbons (Fsp3) is 0.583. The molecule has 1 unspecified atom stereocenters. The second kappa shape index (κ2) is 5.23. The number of carboxylic acid groups (broad SMARTS) is 1. The standard InChI is InChI=1S/C12H17BrN2O2/c1-2-14-4-3-9(6-14)7-15-8-10(13)5-11(15)12(16)17/h5,8-9H,2-4,6-7H2,1H3,(H,16,17). The van der Waals surface area contributed by atoms with Crippen LogP contribution in [0.25, 0.3) is 0 Å². The number of aromatic nitrogens is 1. The summed E-state index contributed by atoms with van der Waals surface area (Å²) < 4.78 is 2.68. The monoisotopic (exact) mass is 300 g/mol. The normalized spacial score (nSPS) is 20.9. The number of hydrogen-bond donors (Lipinski definition) is 1. The molecule has 0 aromatic carbocycles. The average Bonchev–Trinajstić information content (AvgIpc) is 2.85. The number of carbonyl (C=O) groups is 1. The molecule has 94 valence electrons. The molecule has 2 heterocycles. The number of carboxylic acids is 1. The van der Waals surface area contributed by atoms with Gasteiger partial charge in [0.2, 0.25) is 0 Å². The maximum Gasteiger partial charge on any atom is 0.352 e. The van der Waals surface area contributed by atoms with Gasteiger partial charge in [-0.05, 0) is 47.4 Å². The molecule has 1 N–H and O–H groups in total. The van der Waals surface area contributed by atoms with Crippen LogP contribution >= 0.6 is 15.9 Å². The Kier molecular flexibility index (Phi) is 3.89. The Hall–Kier alpha value is -0.810. The highest BCUT2D eigenvalue weighted by atomic mass is 79.9. The summed E-state index contributed by atoms with van der Waals surface area (Å²) in [6.45, 7) is 6.25. The topological polar surface area (TPSA) is 45.5 Å². The summed E-state index contributed by atoms with van der Waals surface area (Å²) in [6.07, 6.45) is 3.01. The summed E-state index contributed by atoms with van der Waals surface area (Å²) in [7, 11) is 0. The highest BCUT2D eigenvalue weighted by Gasteiger charge is 2.23. The maximum absolute atomic E-state index is 11.1. The van der Waals surface area contributed by atoms with Crippen LogP contribution in [0.1, 0.15) is 23.8 Å². The summed E-state index contributed by atoms with van der Waals surface area (Å²) in [5, 5.41) is 9.10. The van der Waals surface area contributed by atoms with E-state index in [1.54, 1.807) is 6.07 Å². The van der Waals surface area contributed by atoms with Gasteiger partial charge in [-0.3, -0.25) is 0 Å². The SMILES string of the molecule is CCN1CCC(Cn2cc(Br)cc2C(=O)O)C1. The van der Waals surface area contributed by atoms with Gasteiger partial charge < -0.3 is 14.6 Å². The predicted octanol–water partition coefficient (Wildman–Crippen LogP) is 2.29. The van der Waals surface area contributed by atoms with Crippen molar-refractivity contribution in [3.8, 4) is 0 Å². The lowest BCUT2D eigenvalue weighted by Gasteiger charge is -2.14. The lowest BCUT2D eigenvalue weighted by molar-refractivity contribution is 0.0684. The third-order valence-electron chi connectivity index (χ3n) is 3.35. The highest BCUT2D eigenvalue weighted by Crippen LogP contribution is 2.21. The summed E-state index contributed by atoms with van der Waals surface area (Å²) in [4.78, 5) is 13.5. The smallest absolute Gasteiger partial charge is 0.352 e. The number of aromatic carboxylic acids is 1. The summed E-state index contributed by atoms with van der Waals surface area (Å²) >= 11 is 3.33. The third kappa shape index (κ3) is 2.90. The second-order valence-electron chi connectivity index (χ2n) is 4.55. The molecule has 1 aliphatic rings. The van der Waals surface area contributed by atoms with Crippen molar-refractivity contribution in [1.82, 2.24) is 9.47 Å². The number of rotatable bonds is 4. The predicted molar refractivity (Wildman–Crippen MR) is 69.3 cm³/mol. The first-order valence-corrected chi connectivity index (χ1v) is 6.70. The van der Waals surface area contributed by atoms with Crippen molar-refractivity contribution < 1.29 is 9.90 Å². The minimum Gasteiger partial charge on any atom is -0.477 e. The van der Waals surface area contributed by atoms with Gasteiger partial charge in [0.25, 0.3) is 0 Å². The summed E-state index contributed by atoms with van der Waals surface area (Å²) in [6, 6.07) is 1.66. The van der Waals surface area contributed by atoms with Crippen LogP contribution in [0.4, 0.5) is 0 Å². The summed E-state index contributed by atoms with van der Waals surface area (Å²) in [5.41, 5.74) is 0.367. The number of hydrogen-bond acceptors (Lipinski definition) is 2. The lowest BCUT2D eigenvalue weighted by atomic mass is 10.1. The zero-order chi connectivity index (χ0) is 12.4. The van der Waals surface area contributed by atoms with E-state index in [0.717, 1.165) is 37.1 Å². The van der Waals surface area contributed by atoms with Crippen molar-refractivity contribution >= 4 is 21.9 Å². The molecule has 4 nitrogen and oxygen atoms in total. The van der Waals surface area contributed by atoms with E-state index in [9.17, 15) is 4.79 Å². The molecule has 0 bridgehead atoms. The molecule has 2 rings (SSSR count). The van der Waals surface area contributed by atoms with Gasteiger partial charge in [0.1, 0.15) is 5.69 Å². The molecule has 1 saturated heterocycles. The Balaban J connectivity index is 2.06. The number of nitrogens with zero attached hydrogens (tertiary/aromatic N) is 2. The fourth-order valence-corrected chi connectivity index (χ4v) is 2.90. The fourth-order valence-electron chi connectivity index (χ4n) is 2.43. The minimum absolute atomic E-state index is 0.367. The van der Waals surface area contributed by atoms with E-state index in [1.807, 2.05) is 10.8 Å². The first-order chi connectivity index (χ1) is 8.10. The van der Waals surface area contributed by atoms with E-state index in [0.29, 0.717) is 11.6 Å². The van der Waals surface area contributed by atoms with Crippen LogP contribution in [0, 0.1) is 5.92 Å². The lowest BCUT2D eigenvalue weighted by Crippen LogP contribution is -2.22. The van der Waals surface area contributed by atoms with Crippen molar-refractivity contribution in [2.75, 3.05) is 19.6 Å². The molecule has 1 atom stereocenters. The Bertz CT molecular complexity index is 417. The highest BCUT2D eigenvalue weighted by molar-refractivity contribution is 9.10. The van der Waals surface area contributed by atoms with E-state index >= 15 is 0 Å². The molecule has 0 aliphatic carbocycles. The van der Waals surface area contributed by atoms with Crippen molar-refractivity contribution in [3.63, 3.8) is 0 Å². The maximum atomic E-state index is 11.1. The first-order valence-electron chi connectivity index (χ1n) is 5.91. The van der Waals surface area contributed by atoms with Gasteiger partial charge in [0.15, 0.2) is 0 Å². The van der Waals surface area contributed by atoms with Gasteiger partial charge in [-0.15, -0.1) is 0 Å². The Morgan fingerprint density at radius 1 is 1.65 bits per heavy atom. The van der Waals surface area contributed by atoms with E-state index in [-0.39, 0.29) is 0 Å². The Morgan fingerprint density at radius 3 is 3.00 bits per heavy atom. The van der Waals surface area contributed by atoms with Crippen LogP contribution in [0.5, 0.6) is 0 Å². The van der Waals surface area contributed by atoms with Crippen LogP contribution in [0.2, 0.25) is 0 Å². The number of halogens is 1.